The summed E-state index contributed by atoms with van der Waals surface area (Å²) in [5.74, 6) is -0.791. The Bertz CT molecular complexity index is 450. The maximum Gasteiger partial charge on any atom is 0.397 e. The van der Waals surface area contributed by atoms with Gasteiger partial charge in [-0.1, -0.05) is 71.1 Å². The predicted molar refractivity (Wildman–Crippen MR) is 100 cm³/mol. The summed E-state index contributed by atoms with van der Waals surface area (Å²) in [4.78, 5) is 10.4. The van der Waals surface area contributed by atoms with Crippen molar-refractivity contribution in [1.29, 1.82) is 0 Å². The van der Waals surface area contributed by atoms with Crippen LogP contribution in [-0.4, -0.2) is 41.4 Å². The van der Waals surface area contributed by atoms with E-state index in [1.807, 2.05) is 0 Å². The van der Waals surface area contributed by atoms with Crippen molar-refractivity contribution in [3.8, 4) is 0 Å². The first-order valence-electron chi connectivity index (χ1n) is 9.81. The van der Waals surface area contributed by atoms with Crippen LogP contribution in [0.5, 0.6) is 0 Å². The first-order valence-corrected chi connectivity index (χ1v) is 11.2. The highest BCUT2D eigenvalue weighted by molar-refractivity contribution is 7.80. The molecule has 0 aliphatic heterocycles. The predicted octanol–water partition coefficient (Wildman–Crippen LogP) is 4.10. The molecule has 2 unspecified atom stereocenters. The topological polar surface area (TPSA) is 121 Å². The first kappa shape index (κ1) is 25.3. The summed E-state index contributed by atoms with van der Waals surface area (Å²) in [6.45, 7) is 2.14. The summed E-state index contributed by atoms with van der Waals surface area (Å²) in [6, 6.07) is 0. The number of carboxylic acid groups (broad SMARTS) is 1. The number of hydrogen-bond donors (Lipinski definition) is 3. The summed E-state index contributed by atoms with van der Waals surface area (Å²) in [6.07, 6.45) is 9.24. The Kier molecular flexibility index (Phi) is 15.0. The zero-order valence-corrected chi connectivity index (χ0v) is 16.8. The lowest BCUT2D eigenvalue weighted by molar-refractivity contribution is -0.137. The molecule has 8 heteroatoms. The van der Waals surface area contributed by atoms with Crippen LogP contribution in [0.4, 0.5) is 0 Å². The summed E-state index contributed by atoms with van der Waals surface area (Å²) in [5, 5.41) is 18.8. The average Bonchev–Trinajstić information content (AvgIpc) is 2.54. The van der Waals surface area contributed by atoms with Gasteiger partial charge in [-0.2, -0.15) is 8.42 Å². The normalized spacial score (nSPS) is 14.3. The maximum absolute atomic E-state index is 11.0. The number of aliphatic hydroxyl groups excluding tert-OH is 1. The minimum absolute atomic E-state index is 0.172. The summed E-state index contributed by atoms with van der Waals surface area (Å²) < 4.78 is 35.6. The average molecular weight is 397 g/mol. The molecule has 2 atom stereocenters. The molecule has 0 aromatic carbocycles. The Labute approximate surface area is 158 Å². The van der Waals surface area contributed by atoms with Crippen molar-refractivity contribution in [3.63, 3.8) is 0 Å². The molecular weight excluding hydrogens is 360 g/mol. The lowest BCUT2D eigenvalue weighted by atomic mass is 9.99. The number of unbranched alkanes of at least 4 members (excludes halogenated alkanes) is 9. The van der Waals surface area contributed by atoms with E-state index in [2.05, 4.69) is 11.1 Å². The minimum atomic E-state index is -4.59. The highest BCUT2D eigenvalue weighted by Crippen LogP contribution is 2.19. The van der Waals surface area contributed by atoms with E-state index in [1.165, 1.54) is 6.42 Å². The number of hydrogen-bond acceptors (Lipinski definition) is 5. The smallest absolute Gasteiger partial charge is 0.397 e. The van der Waals surface area contributed by atoms with Gasteiger partial charge in [0.25, 0.3) is 0 Å². The van der Waals surface area contributed by atoms with E-state index < -0.39 is 28.6 Å². The molecule has 0 aliphatic carbocycles. The summed E-state index contributed by atoms with van der Waals surface area (Å²) in [5.41, 5.74) is 0. The molecular formula is C18H36O7S. The molecule has 156 valence electrons. The molecule has 0 amide bonds. The van der Waals surface area contributed by atoms with Crippen LogP contribution < -0.4 is 0 Å². The molecule has 0 fully saturated rings. The molecule has 0 saturated carbocycles. The van der Waals surface area contributed by atoms with E-state index in [0.717, 1.165) is 51.4 Å². The van der Waals surface area contributed by atoms with Crippen molar-refractivity contribution in [3.05, 3.63) is 0 Å². The number of aliphatic carboxylic acids is 1. The van der Waals surface area contributed by atoms with Crippen molar-refractivity contribution in [2.75, 3.05) is 0 Å². The molecule has 0 aromatic rings. The van der Waals surface area contributed by atoms with E-state index in [0.29, 0.717) is 25.7 Å². The van der Waals surface area contributed by atoms with Gasteiger partial charge in [-0.25, -0.2) is 4.18 Å². The second kappa shape index (κ2) is 15.4. The Morgan fingerprint density at radius 1 is 0.885 bits per heavy atom. The zero-order valence-electron chi connectivity index (χ0n) is 15.9. The quantitative estimate of drug-likeness (QED) is 0.235. The van der Waals surface area contributed by atoms with Gasteiger partial charge in [-0.3, -0.25) is 9.35 Å². The van der Waals surface area contributed by atoms with Crippen LogP contribution in [0, 0.1) is 0 Å². The van der Waals surface area contributed by atoms with E-state index in [-0.39, 0.29) is 6.42 Å². The molecule has 0 aromatic heterocycles. The van der Waals surface area contributed by atoms with Crippen molar-refractivity contribution in [2.24, 2.45) is 0 Å². The fourth-order valence-corrected chi connectivity index (χ4v) is 3.47. The van der Waals surface area contributed by atoms with Gasteiger partial charge in [0.05, 0.1) is 6.10 Å². The van der Waals surface area contributed by atoms with Gasteiger partial charge in [-0.05, 0) is 19.3 Å². The van der Waals surface area contributed by atoms with Crippen LogP contribution in [0.2, 0.25) is 0 Å². The fraction of sp³-hybridized carbons (Fsp3) is 0.944. The number of carbonyl (C=O) groups is 1. The molecule has 0 saturated heterocycles. The molecule has 3 N–H and O–H groups in total. The van der Waals surface area contributed by atoms with Crippen LogP contribution in [0.25, 0.3) is 0 Å². The van der Waals surface area contributed by atoms with E-state index in [1.54, 1.807) is 0 Å². The monoisotopic (exact) mass is 396 g/mol. The Morgan fingerprint density at radius 2 is 1.38 bits per heavy atom. The minimum Gasteiger partial charge on any atom is -0.481 e. The molecule has 0 radical (unpaired) electrons. The molecule has 0 heterocycles. The third-order valence-corrected chi connectivity index (χ3v) is 4.90. The van der Waals surface area contributed by atoms with E-state index >= 15 is 0 Å². The number of aliphatic hydroxyl groups is 1. The molecule has 0 aliphatic rings. The van der Waals surface area contributed by atoms with Gasteiger partial charge >= 0.3 is 16.4 Å². The van der Waals surface area contributed by atoms with Crippen molar-refractivity contribution >= 4 is 16.4 Å². The summed E-state index contributed by atoms with van der Waals surface area (Å²) >= 11 is 0. The largest absolute Gasteiger partial charge is 0.481 e. The summed E-state index contributed by atoms with van der Waals surface area (Å²) in [7, 11) is -4.59. The van der Waals surface area contributed by atoms with Crippen LogP contribution in [0.15, 0.2) is 0 Å². The molecule has 0 spiro atoms. The van der Waals surface area contributed by atoms with Gasteiger partial charge in [0.15, 0.2) is 0 Å². The van der Waals surface area contributed by atoms with Crippen LogP contribution >= 0.6 is 0 Å². The number of carboxylic acids is 1. The van der Waals surface area contributed by atoms with E-state index in [4.69, 9.17) is 9.66 Å². The highest BCUT2D eigenvalue weighted by Gasteiger charge is 2.24. The highest BCUT2D eigenvalue weighted by atomic mass is 32.3. The van der Waals surface area contributed by atoms with Crippen molar-refractivity contribution < 1.29 is 32.2 Å². The SMILES string of the molecule is CCCCCCCCC(OS(=O)(=O)O)C(O)CCCCCCCC(=O)O. The number of rotatable bonds is 18. The third-order valence-electron chi connectivity index (χ3n) is 4.41. The first-order chi connectivity index (χ1) is 12.3. The van der Waals surface area contributed by atoms with Crippen LogP contribution in [0.3, 0.4) is 0 Å². The molecule has 7 nitrogen and oxygen atoms in total. The lowest BCUT2D eigenvalue weighted by Crippen LogP contribution is -2.31. The molecule has 0 rings (SSSR count). The van der Waals surface area contributed by atoms with Gasteiger partial charge in [0, 0.05) is 6.42 Å². The fourth-order valence-electron chi connectivity index (χ4n) is 2.93. The third kappa shape index (κ3) is 16.8. The van der Waals surface area contributed by atoms with Gasteiger partial charge in [0.1, 0.15) is 6.10 Å². The Balaban J connectivity index is 4.06. The van der Waals surface area contributed by atoms with Crippen LogP contribution in [0.1, 0.15) is 96.8 Å². The molecule has 0 bridgehead atoms. The second-order valence-corrected chi connectivity index (χ2v) is 7.93. The van der Waals surface area contributed by atoms with Crippen LogP contribution in [-0.2, 0) is 19.4 Å². The molecule has 26 heavy (non-hydrogen) atoms. The van der Waals surface area contributed by atoms with Crippen molar-refractivity contribution in [2.45, 2.75) is 109 Å². The second-order valence-electron chi connectivity index (χ2n) is 6.89. The van der Waals surface area contributed by atoms with E-state index in [9.17, 15) is 18.3 Å². The lowest BCUT2D eigenvalue weighted by Gasteiger charge is -2.21. The Hall–Kier alpha value is -0.700. The Morgan fingerprint density at radius 3 is 1.92 bits per heavy atom. The standard InChI is InChI=1S/C18H36O7S/c1-2-3-4-5-8-11-14-17(25-26(22,23)24)16(19)13-10-7-6-9-12-15-18(20)21/h16-17,19H,2-15H2,1H3,(H,20,21)(H,22,23,24). The van der Waals surface area contributed by atoms with Gasteiger partial charge < -0.3 is 10.2 Å². The van der Waals surface area contributed by atoms with Crippen molar-refractivity contribution in [1.82, 2.24) is 0 Å². The van der Waals surface area contributed by atoms with Gasteiger partial charge in [-0.15, -0.1) is 0 Å². The van der Waals surface area contributed by atoms with Gasteiger partial charge in [0.2, 0.25) is 0 Å². The zero-order chi connectivity index (χ0) is 19.8. The maximum atomic E-state index is 11.0.